The highest BCUT2D eigenvalue weighted by Crippen LogP contribution is 2.19. The number of urea groups is 1. The van der Waals surface area contributed by atoms with Crippen molar-refractivity contribution in [2.24, 2.45) is 0 Å². The van der Waals surface area contributed by atoms with E-state index in [1.165, 1.54) is 16.8 Å². The number of amides is 3. The van der Waals surface area contributed by atoms with Gasteiger partial charge in [0.1, 0.15) is 5.69 Å². The van der Waals surface area contributed by atoms with Gasteiger partial charge in [-0.05, 0) is 43.5 Å². The number of benzene rings is 1. The van der Waals surface area contributed by atoms with Crippen molar-refractivity contribution >= 4 is 23.3 Å². The van der Waals surface area contributed by atoms with Crippen LogP contribution in [-0.2, 0) is 6.54 Å². The van der Waals surface area contributed by atoms with Crippen molar-refractivity contribution in [2.75, 3.05) is 10.6 Å². The summed E-state index contributed by atoms with van der Waals surface area (Å²) >= 11 is 0. The van der Waals surface area contributed by atoms with Crippen LogP contribution in [0.25, 0.3) is 0 Å². The Bertz CT molecular complexity index is 873. The summed E-state index contributed by atoms with van der Waals surface area (Å²) < 4.78 is 1.27. The molecule has 8 nitrogen and oxygen atoms in total. The first-order chi connectivity index (χ1) is 12.5. The lowest BCUT2D eigenvalue weighted by molar-refractivity contribution is 0.101. The first-order valence-electron chi connectivity index (χ1n) is 8.62. The van der Waals surface area contributed by atoms with E-state index in [1.54, 1.807) is 24.3 Å². The summed E-state index contributed by atoms with van der Waals surface area (Å²) in [5.41, 5.74) is 1.01. The van der Waals surface area contributed by atoms with Crippen LogP contribution in [0.1, 0.15) is 36.7 Å². The van der Waals surface area contributed by atoms with Crippen molar-refractivity contribution in [3.05, 3.63) is 52.4 Å². The molecule has 1 saturated carbocycles. The number of nitrogens with one attached hydrogen (secondary N) is 3. The molecule has 1 aromatic heterocycles. The molecule has 3 rings (SSSR count). The first kappa shape index (κ1) is 17.7. The summed E-state index contributed by atoms with van der Waals surface area (Å²) in [6.07, 6.45) is 2.77. The maximum Gasteiger partial charge on any atom is 0.319 e. The van der Waals surface area contributed by atoms with Crippen LogP contribution in [0.4, 0.5) is 16.2 Å². The minimum Gasteiger partial charge on any atom is -0.335 e. The molecule has 26 heavy (non-hydrogen) atoms. The highest BCUT2D eigenvalue weighted by Gasteiger charge is 2.23. The second-order valence-corrected chi connectivity index (χ2v) is 6.19. The molecule has 0 saturated heterocycles. The minimum absolute atomic E-state index is 0.155. The van der Waals surface area contributed by atoms with E-state index in [-0.39, 0.29) is 23.3 Å². The third kappa shape index (κ3) is 4.69. The van der Waals surface area contributed by atoms with E-state index >= 15 is 0 Å². The second kappa shape index (κ2) is 7.81. The quantitative estimate of drug-likeness (QED) is 0.738. The van der Waals surface area contributed by atoms with Gasteiger partial charge in [-0.25, -0.2) is 9.48 Å². The zero-order valence-corrected chi connectivity index (χ0v) is 14.5. The minimum atomic E-state index is -0.422. The fourth-order valence-electron chi connectivity index (χ4n) is 2.39. The Morgan fingerprint density at radius 3 is 2.58 bits per heavy atom. The number of hydrogen-bond acceptors (Lipinski definition) is 4. The molecule has 1 fully saturated rings. The van der Waals surface area contributed by atoms with Crippen molar-refractivity contribution in [2.45, 2.75) is 38.8 Å². The Hall–Kier alpha value is -3.16. The number of aryl methyl sites for hydroxylation is 1. The van der Waals surface area contributed by atoms with E-state index in [2.05, 4.69) is 21.0 Å². The van der Waals surface area contributed by atoms with Gasteiger partial charge in [0, 0.05) is 30.0 Å². The van der Waals surface area contributed by atoms with Gasteiger partial charge in [0.25, 0.3) is 11.5 Å². The average molecular weight is 355 g/mol. The molecule has 136 valence electrons. The molecule has 1 aromatic carbocycles. The van der Waals surface area contributed by atoms with Crippen molar-refractivity contribution in [1.82, 2.24) is 15.1 Å². The molecule has 0 radical (unpaired) electrons. The van der Waals surface area contributed by atoms with Crippen molar-refractivity contribution in [1.29, 1.82) is 0 Å². The zero-order chi connectivity index (χ0) is 18.5. The number of carbonyl (C=O) groups is 2. The molecule has 3 N–H and O–H groups in total. The number of hydrogen-bond donors (Lipinski definition) is 3. The van der Waals surface area contributed by atoms with Gasteiger partial charge in [-0.2, -0.15) is 5.10 Å². The van der Waals surface area contributed by atoms with E-state index in [9.17, 15) is 14.4 Å². The molecule has 3 amide bonds. The number of aromatic nitrogens is 2. The third-order valence-electron chi connectivity index (χ3n) is 3.83. The van der Waals surface area contributed by atoms with Gasteiger partial charge in [0.15, 0.2) is 0 Å². The number of anilines is 2. The van der Waals surface area contributed by atoms with Gasteiger partial charge in [0.2, 0.25) is 0 Å². The molecule has 1 heterocycles. The predicted octanol–water partition coefficient (Wildman–Crippen LogP) is 2.19. The van der Waals surface area contributed by atoms with Gasteiger partial charge in [-0.1, -0.05) is 13.0 Å². The summed E-state index contributed by atoms with van der Waals surface area (Å²) in [7, 11) is 0. The summed E-state index contributed by atoms with van der Waals surface area (Å²) in [6.45, 7) is 2.38. The molecule has 0 bridgehead atoms. The summed E-state index contributed by atoms with van der Waals surface area (Å²) in [5, 5.41) is 12.4. The van der Waals surface area contributed by atoms with Gasteiger partial charge in [-0.3, -0.25) is 9.59 Å². The Balaban J connectivity index is 1.67. The Morgan fingerprint density at radius 1 is 1.15 bits per heavy atom. The monoisotopic (exact) mass is 355 g/mol. The van der Waals surface area contributed by atoms with Crippen LogP contribution in [0.5, 0.6) is 0 Å². The van der Waals surface area contributed by atoms with Gasteiger partial charge < -0.3 is 16.0 Å². The van der Waals surface area contributed by atoms with Crippen LogP contribution in [-0.4, -0.2) is 27.8 Å². The lowest BCUT2D eigenvalue weighted by atomic mass is 10.2. The average Bonchev–Trinajstić information content (AvgIpc) is 3.41. The SMILES string of the molecule is CCCn1nc(C(=O)Nc2cccc(NC(=O)NC3CC3)c2)ccc1=O. The van der Waals surface area contributed by atoms with E-state index in [0.717, 1.165) is 19.3 Å². The summed E-state index contributed by atoms with van der Waals surface area (Å²) in [5.74, 6) is -0.422. The largest absolute Gasteiger partial charge is 0.335 e. The molecule has 0 unspecified atom stereocenters. The van der Waals surface area contributed by atoms with E-state index in [1.807, 2.05) is 6.92 Å². The number of carbonyl (C=O) groups excluding carboxylic acids is 2. The molecule has 0 aliphatic heterocycles. The number of nitrogens with zero attached hydrogens (tertiary/aromatic N) is 2. The van der Waals surface area contributed by atoms with Gasteiger partial charge in [-0.15, -0.1) is 0 Å². The molecule has 1 aliphatic rings. The first-order valence-corrected chi connectivity index (χ1v) is 8.62. The fourth-order valence-corrected chi connectivity index (χ4v) is 2.39. The molecule has 0 spiro atoms. The van der Waals surface area contributed by atoms with Crippen LogP contribution in [0, 0.1) is 0 Å². The zero-order valence-electron chi connectivity index (χ0n) is 14.5. The maximum atomic E-state index is 12.4. The predicted molar refractivity (Wildman–Crippen MR) is 98.4 cm³/mol. The van der Waals surface area contributed by atoms with Crippen LogP contribution in [0.15, 0.2) is 41.2 Å². The van der Waals surface area contributed by atoms with Crippen LogP contribution >= 0.6 is 0 Å². The number of rotatable bonds is 6. The third-order valence-corrected chi connectivity index (χ3v) is 3.83. The van der Waals surface area contributed by atoms with E-state index in [4.69, 9.17) is 0 Å². The van der Waals surface area contributed by atoms with Gasteiger partial charge in [0.05, 0.1) is 0 Å². The smallest absolute Gasteiger partial charge is 0.319 e. The van der Waals surface area contributed by atoms with Crippen molar-refractivity contribution in [3.8, 4) is 0 Å². The van der Waals surface area contributed by atoms with E-state index < -0.39 is 5.91 Å². The second-order valence-electron chi connectivity index (χ2n) is 6.19. The maximum absolute atomic E-state index is 12.4. The highest BCUT2D eigenvalue weighted by molar-refractivity contribution is 6.03. The molecular weight excluding hydrogens is 334 g/mol. The highest BCUT2D eigenvalue weighted by atomic mass is 16.2. The van der Waals surface area contributed by atoms with Crippen molar-refractivity contribution in [3.63, 3.8) is 0 Å². The molecule has 8 heteroatoms. The summed E-state index contributed by atoms with van der Waals surface area (Å²) in [6, 6.07) is 9.57. The fraction of sp³-hybridized carbons (Fsp3) is 0.333. The Kier molecular flexibility index (Phi) is 5.31. The lowest BCUT2D eigenvalue weighted by Gasteiger charge is -2.10. The summed E-state index contributed by atoms with van der Waals surface area (Å²) in [4.78, 5) is 35.9. The molecular formula is C18H21N5O3. The lowest BCUT2D eigenvalue weighted by Crippen LogP contribution is -2.30. The topological polar surface area (TPSA) is 105 Å². The Labute approximate surface area is 150 Å². The van der Waals surface area contributed by atoms with Gasteiger partial charge >= 0.3 is 6.03 Å². The van der Waals surface area contributed by atoms with Crippen LogP contribution < -0.4 is 21.5 Å². The van der Waals surface area contributed by atoms with Crippen LogP contribution in [0.2, 0.25) is 0 Å². The standard InChI is InChI=1S/C18H21N5O3/c1-2-10-23-16(24)9-8-15(22-23)17(25)19-13-4-3-5-14(11-13)21-18(26)20-12-6-7-12/h3-5,8-9,11-12H,2,6-7,10H2,1H3,(H,19,25)(H2,20,21,26). The van der Waals surface area contributed by atoms with Crippen molar-refractivity contribution < 1.29 is 9.59 Å². The molecule has 1 aliphatic carbocycles. The van der Waals surface area contributed by atoms with Crippen LogP contribution in [0.3, 0.4) is 0 Å². The molecule has 0 atom stereocenters. The van der Waals surface area contributed by atoms with E-state index in [0.29, 0.717) is 17.9 Å². The normalized spacial score (nSPS) is 13.1. The molecule has 2 aromatic rings. The Morgan fingerprint density at radius 2 is 1.88 bits per heavy atom.